The lowest BCUT2D eigenvalue weighted by molar-refractivity contribution is 0.102. The molecule has 25 heavy (non-hydrogen) atoms. The van der Waals surface area contributed by atoms with E-state index >= 15 is 0 Å². The molecule has 0 unspecified atom stereocenters. The molecule has 126 valence electrons. The molecule has 0 fully saturated rings. The summed E-state index contributed by atoms with van der Waals surface area (Å²) in [5.74, 6) is 0.580. The van der Waals surface area contributed by atoms with E-state index in [0.717, 1.165) is 29.7 Å². The maximum Gasteiger partial charge on any atom is 0.302 e. The van der Waals surface area contributed by atoms with Crippen molar-refractivity contribution in [2.75, 3.05) is 11.9 Å². The smallest absolute Gasteiger partial charge is 0.302 e. The molecule has 0 aliphatic carbocycles. The molecular weight excluding hydrogens is 318 g/mol. The number of aromatic amines is 1. The number of fused-ring (bicyclic) bond motifs is 2. The molecule has 4 N–H and O–H groups in total. The molecule has 0 saturated heterocycles. The summed E-state index contributed by atoms with van der Waals surface area (Å²) in [6, 6.07) is 12.9. The quantitative estimate of drug-likeness (QED) is 0.519. The summed E-state index contributed by atoms with van der Waals surface area (Å²) in [5, 5.41) is 2.68. The van der Waals surface area contributed by atoms with Gasteiger partial charge in [-0.1, -0.05) is 12.1 Å². The SMILES string of the molecule is NCCCc1nc2cc(C(=O)Nc3nc4ccccc4o3)ccc2[nH]1. The minimum absolute atomic E-state index is 0.178. The normalized spacial score (nSPS) is 11.2. The fourth-order valence-electron chi connectivity index (χ4n) is 2.68. The number of hydrogen-bond acceptors (Lipinski definition) is 5. The molecule has 2 aromatic carbocycles. The standard InChI is InChI=1S/C18H17N5O2/c19-9-3-6-16-20-12-8-7-11(10-14(12)21-16)17(24)23-18-22-13-4-1-2-5-15(13)25-18/h1-2,4-5,7-8,10H,3,6,9,19H2,(H,20,21)(H,22,23,24). The minimum Gasteiger partial charge on any atom is -0.423 e. The first-order chi connectivity index (χ1) is 12.2. The molecule has 0 bridgehead atoms. The Labute approximate surface area is 143 Å². The molecule has 0 spiro atoms. The third-order valence-electron chi connectivity index (χ3n) is 3.93. The predicted octanol–water partition coefficient (Wildman–Crippen LogP) is 2.85. The maximum absolute atomic E-state index is 12.4. The molecule has 4 aromatic rings. The van der Waals surface area contributed by atoms with Gasteiger partial charge in [0.15, 0.2) is 5.58 Å². The van der Waals surface area contributed by atoms with Gasteiger partial charge in [-0.15, -0.1) is 0 Å². The highest BCUT2D eigenvalue weighted by Gasteiger charge is 2.13. The second-order valence-electron chi connectivity index (χ2n) is 5.75. The van der Waals surface area contributed by atoms with Gasteiger partial charge in [-0.25, -0.2) is 4.98 Å². The Hall–Kier alpha value is -3.19. The molecular formula is C18H17N5O2. The number of carbonyl (C=O) groups excluding carboxylic acids is 1. The van der Waals surface area contributed by atoms with Crippen LogP contribution in [0.2, 0.25) is 0 Å². The number of nitrogens with one attached hydrogen (secondary N) is 2. The average Bonchev–Trinajstić information content (AvgIpc) is 3.21. The van der Waals surface area contributed by atoms with Gasteiger partial charge in [0.25, 0.3) is 5.91 Å². The summed E-state index contributed by atoms with van der Waals surface area (Å²) in [6.07, 6.45) is 1.65. The molecule has 2 aromatic heterocycles. The number of aromatic nitrogens is 3. The summed E-state index contributed by atoms with van der Waals surface area (Å²) in [7, 11) is 0. The van der Waals surface area contributed by atoms with Crippen LogP contribution >= 0.6 is 0 Å². The summed E-state index contributed by atoms with van der Waals surface area (Å²) in [4.78, 5) is 24.4. The molecule has 0 atom stereocenters. The molecule has 1 amide bonds. The summed E-state index contributed by atoms with van der Waals surface area (Å²) >= 11 is 0. The summed E-state index contributed by atoms with van der Waals surface area (Å²) in [5.41, 5.74) is 8.99. The van der Waals surface area contributed by atoms with E-state index in [4.69, 9.17) is 10.2 Å². The van der Waals surface area contributed by atoms with Gasteiger partial charge in [0.2, 0.25) is 0 Å². The highest BCUT2D eigenvalue weighted by atomic mass is 16.4. The predicted molar refractivity (Wildman–Crippen MR) is 95.4 cm³/mol. The Kier molecular flexibility index (Phi) is 3.91. The van der Waals surface area contributed by atoms with Crippen molar-refractivity contribution >= 4 is 34.1 Å². The topological polar surface area (TPSA) is 110 Å². The number of oxazole rings is 1. The van der Waals surface area contributed by atoms with Crippen molar-refractivity contribution in [3.8, 4) is 0 Å². The van der Waals surface area contributed by atoms with Crippen LogP contribution in [0.1, 0.15) is 22.6 Å². The number of amides is 1. The fourth-order valence-corrected chi connectivity index (χ4v) is 2.68. The second kappa shape index (κ2) is 6.37. The number of benzene rings is 2. The van der Waals surface area contributed by atoms with Crippen molar-refractivity contribution in [3.63, 3.8) is 0 Å². The number of H-pyrrole nitrogens is 1. The Morgan fingerprint density at radius 1 is 1.16 bits per heavy atom. The van der Waals surface area contributed by atoms with Crippen molar-refractivity contribution in [3.05, 3.63) is 53.9 Å². The largest absolute Gasteiger partial charge is 0.423 e. The van der Waals surface area contributed by atoms with E-state index in [1.54, 1.807) is 18.2 Å². The molecule has 7 nitrogen and oxygen atoms in total. The number of nitrogens with zero attached hydrogens (tertiary/aromatic N) is 2. The number of nitrogens with two attached hydrogens (primary N) is 1. The molecule has 0 radical (unpaired) electrons. The van der Waals surface area contributed by atoms with E-state index in [9.17, 15) is 4.79 Å². The van der Waals surface area contributed by atoms with E-state index < -0.39 is 0 Å². The zero-order valence-electron chi connectivity index (χ0n) is 13.5. The summed E-state index contributed by atoms with van der Waals surface area (Å²) in [6.45, 7) is 0.620. The number of aryl methyl sites for hydroxylation is 1. The Morgan fingerprint density at radius 2 is 2.04 bits per heavy atom. The van der Waals surface area contributed by atoms with Crippen molar-refractivity contribution < 1.29 is 9.21 Å². The third-order valence-corrected chi connectivity index (χ3v) is 3.93. The number of hydrogen-bond donors (Lipinski definition) is 3. The number of anilines is 1. The first-order valence-electron chi connectivity index (χ1n) is 8.08. The number of rotatable bonds is 5. The summed E-state index contributed by atoms with van der Waals surface area (Å²) < 4.78 is 5.52. The van der Waals surface area contributed by atoms with E-state index in [2.05, 4.69) is 20.3 Å². The Balaban J connectivity index is 1.56. The molecule has 4 rings (SSSR count). The highest BCUT2D eigenvalue weighted by Crippen LogP contribution is 2.20. The van der Waals surface area contributed by atoms with Crippen LogP contribution in [0.5, 0.6) is 0 Å². The van der Waals surface area contributed by atoms with Crippen molar-refractivity contribution in [2.45, 2.75) is 12.8 Å². The van der Waals surface area contributed by atoms with Gasteiger partial charge < -0.3 is 15.1 Å². The van der Waals surface area contributed by atoms with Crippen LogP contribution in [0.3, 0.4) is 0 Å². The molecule has 7 heteroatoms. The van der Waals surface area contributed by atoms with Crippen molar-refractivity contribution in [1.29, 1.82) is 0 Å². The van der Waals surface area contributed by atoms with Crippen LogP contribution in [0.15, 0.2) is 46.9 Å². The van der Waals surface area contributed by atoms with Crippen LogP contribution < -0.4 is 11.1 Å². The molecule has 2 heterocycles. The molecule has 0 saturated carbocycles. The fraction of sp³-hybridized carbons (Fsp3) is 0.167. The zero-order valence-corrected chi connectivity index (χ0v) is 13.5. The maximum atomic E-state index is 12.4. The van der Waals surface area contributed by atoms with Crippen LogP contribution in [0.25, 0.3) is 22.1 Å². The van der Waals surface area contributed by atoms with E-state index in [0.29, 0.717) is 23.2 Å². The lowest BCUT2D eigenvalue weighted by atomic mass is 10.2. The minimum atomic E-state index is -0.292. The number of carbonyl (C=O) groups is 1. The van der Waals surface area contributed by atoms with Crippen LogP contribution in [-0.4, -0.2) is 27.4 Å². The zero-order chi connectivity index (χ0) is 17.2. The van der Waals surface area contributed by atoms with E-state index in [-0.39, 0.29) is 11.9 Å². The number of para-hydroxylation sites is 2. The average molecular weight is 335 g/mol. The number of imidazole rings is 1. The van der Waals surface area contributed by atoms with Gasteiger partial charge in [0.1, 0.15) is 11.3 Å². The lowest BCUT2D eigenvalue weighted by Gasteiger charge is -2.00. The van der Waals surface area contributed by atoms with Gasteiger partial charge in [-0.2, -0.15) is 4.98 Å². The highest BCUT2D eigenvalue weighted by molar-refractivity contribution is 6.05. The van der Waals surface area contributed by atoms with Gasteiger partial charge in [-0.3, -0.25) is 10.1 Å². The Bertz CT molecular complexity index is 1020. The van der Waals surface area contributed by atoms with Crippen LogP contribution in [0, 0.1) is 0 Å². The van der Waals surface area contributed by atoms with E-state index in [1.165, 1.54) is 0 Å². The van der Waals surface area contributed by atoms with Crippen molar-refractivity contribution in [2.24, 2.45) is 5.73 Å². The van der Waals surface area contributed by atoms with E-state index in [1.807, 2.05) is 24.3 Å². The monoisotopic (exact) mass is 335 g/mol. The first kappa shape index (κ1) is 15.3. The van der Waals surface area contributed by atoms with Crippen molar-refractivity contribution in [1.82, 2.24) is 15.0 Å². The second-order valence-corrected chi connectivity index (χ2v) is 5.75. The first-order valence-corrected chi connectivity index (χ1v) is 8.08. The van der Waals surface area contributed by atoms with Gasteiger partial charge in [0.05, 0.1) is 11.0 Å². The van der Waals surface area contributed by atoms with Gasteiger partial charge in [-0.05, 0) is 43.3 Å². The van der Waals surface area contributed by atoms with Crippen LogP contribution in [0.4, 0.5) is 6.01 Å². The molecule has 0 aliphatic heterocycles. The van der Waals surface area contributed by atoms with Gasteiger partial charge in [0, 0.05) is 12.0 Å². The van der Waals surface area contributed by atoms with Crippen LogP contribution in [-0.2, 0) is 6.42 Å². The Morgan fingerprint density at radius 3 is 2.88 bits per heavy atom. The lowest BCUT2D eigenvalue weighted by Crippen LogP contribution is -2.11. The molecule has 0 aliphatic rings. The van der Waals surface area contributed by atoms with Gasteiger partial charge >= 0.3 is 6.01 Å². The third kappa shape index (κ3) is 3.09.